The molecule has 18 heavy (non-hydrogen) atoms. The molecule has 90 valence electrons. The first-order valence-electron chi connectivity index (χ1n) is 5.58. The first-order chi connectivity index (χ1) is 8.74. The highest BCUT2D eigenvalue weighted by molar-refractivity contribution is 8.24. The molecule has 1 N–H and O–H groups in total. The maximum atomic E-state index is 11.7. The summed E-state index contributed by atoms with van der Waals surface area (Å²) >= 11 is 6.43. The van der Waals surface area contributed by atoms with Crippen LogP contribution in [0.4, 0.5) is 0 Å². The normalized spacial score (nSPS) is 19.2. The lowest BCUT2D eigenvalue weighted by Gasteiger charge is -2.08. The van der Waals surface area contributed by atoms with Crippen LogP contribution in [-0.4, -0.2) is 20.5 Å². The summed E-state index contributed by atoms with van der Waals surface area (Å²) < 4.78 is 0.573. The summed E-state index contributed by atoms with van der Waals surface area (Å²) in [7, 11) is 0. The molecule has 0 spiro atoms. The van der Waals surface area contributed by atoms with Crippen molar-refractivity contribution < 1.29 is 4.79 Å². The first-order valence-corrected chi connectivity index (χ1v) is 6.87. The second-order valence-electron chi connectivity index (χ2n) is 4.07. The number of nitrogens with one attached hydrogen (secondary N) is 1. The van der Waals surface area contributed by atoms with Crippen molar-refractivity contribution in [2.45, 2.75) is 11.7 Å². The van der Waals surface area contributed by atoms with Crippen LogP contribution < -0.4 is 5.32 Å². The minimum absolute atomic E-state index is 0.00546. The minimum atomic E-state index is -0.122. The molecule has 0 saturated carbocycles. The molecule has 1 unspecified atom stereocenters. The predicted octanol–water partition coefficient (Wildman–Crippen LogP) is 2.29. The monoisotopic (exact) mass is 274 g/mol. The summed E-state index contributed by atoms with van der Waals surface area (Å²) in [5.41, 5.74) is 2.10. The number of rotatable bonds is 2. The van der Waals surface area contributed by atoms with Crippen LogP contribution in [0.5, 0.6) is 0 Å². The van der Waals surface area contributed by atoms with Crippen LogP contribution in [0.2, 0.25) is 0 Å². The number of fused-ring (bicyclic) bond motifs is 1. The second-order valence-corrected chi connectivity index (χ2v) is 5.95. The van der Waals surface area contributed by atoms with Crippen LogP contribution in [0.15, 0.2) is 36.5 Å². The third kappa shape index (κ3) is 2.11. The lowest BCUT2D eigenvalue weighted by Crippen LogP contribution is -2.25. The highest BCUT2D eigenvalue weighted by Gasteiger charge is 2.29. The van der Waals surface area contributed by atoms with Gasteiger partial charge < -0.3 is 5.32 Å². The highest BCUT2D eigenvalue weighted by atomic mass is 32.2. The third-order valence-electron chi connectivity index (χ3n) is 2.91. The van der Waals surface area contributed by atoms with Crippen molar-refractivity contribution in [1.82, 2.24) is 10.3 Å². The van der Waals surface area contributed by atoms with Gasteiger partial charge in [-0.15, -0.1) is 0 Å². The third-order valence-corrected chi connectivity index (χ3v) is 4.28. The zero-order chi connectivity index (χ0) is 12.5. The van der Waals surface area contributed by atoms with E-state index in [2.05, 4.69) is 10.3 Å². The first kappa shape index (κ1) is 11.6. The molecule has 3 rings (SSSR count). The molecule has 1 aromatic heterocycles. The molecule has 1 aromatic carbocycles. The Bertz CT molecular complexity index is 636. The molecular formula is C13H10N2OS2. The molecule has 0 radical (unpaired) electrons. The number of carbonyl (C=O) groups excluding carboxylic acids is 1. The summed E-state index contributed by atoms with van der Waals surface area (Å²) in [6, 6.07) is 9.93. The van der Waals surface area contributed by atoms with Crippen LogP contribution >= 0.6 is 24.0 Å². The topological polar surface area (TPSA) is 42.0 Å². The van der Waals surface area contributed by atoms with Crippen LogP contribution in [0, 0.1) is 0 Å². The lowest BCUT2D eigenvalue weighted by atomic mass is 10.0. The van der Waals surface area contributed by atoms with Gasteiger partial charge in [-0.1, -0.05) is 42.2 Å². The number of carbonyl (C=O) groups is 1. The Morgan fingerprint density at radius 3 is 2.94 bits per heavy atom. The summed E-state index contributed by atoms with van der Waals surface area (Å²) in [6.07, 6.45) is 2.47. The molecule has 1 aliphatic heterocycles. The van der Waals surface area contributed by atoms with E-state index < -0.39 is 0 Å². The van der Waals surface area contributed by atoms with Crippen LogP contribution in [0.1, 0.15) is 5.56 Å². The van der Waals surface area contributed by atoms with Crippen molar-refractivity contribution in [2.24, 2.45) is 0 Å². The number of benzene rings is 1. The molecule has 0 bridgehead atoms. The number of thiocarbonyl (C=S) groups is 1. The number of hydrogen-bond donors (Lipinski definition) is 1. The molecule has 1 amide bonds. The summed E-state index contributed by atoms with van der Waals surface area (Å²) in [4.78, 5) is 16.0. The van der Waals surface area contributed by atoms with Gasteiger partial charge in [0.2, 0.25) is 5.91 Å². The Labute approximate surface area is 114 Å². The fraction of sp³-hybridized carbons (Fsp3) is 0.154. The maximum Gasteiger partial charge on any atom is 0.239 e. The zero-order valence-corrected chi connectivity index (χ0v) is 11.1. The van der Waals surface area contributed by atoms with Gasteiger partial charge >= 0.3 is 0 Å². The summed E-state index contributed by atoms with van der Waals surface area (Å²) in [5, 5.41) is 3.66. The Morgan fingerprint density at radius 2 is 2.17 bits per heavy atom. The highest BCUT2D eigenvalue weighted by Crippen LogP contribution is 2.26. The van der Waals surface area contributed by atoms with Gasteiger partial charge in [0.05, 0.1) is 10.8 Å². The Balaban J connectivity index is 1.95. The molecular weight excluding hydrogens is 264 g/mol. The average molecular weight is 274 g/mol. The SMILES string of the molecule is O=C1NC(=S)SC1Cc1ccnc2ccccc12. The number of thioether (sulfide) groups is 1. The predicted molar refractivity (Wildman–Crippen MR) is 77.6 cm³/mol. The quantitative estimate of drug-likeness (QED) is 0.853. The van der Waals surface area contributed by atoms with Crippen LogP contribution in [-0.2, 0) is 11.2 Å². The standard InChI is InChI=1S/C13H10N2OS2/c16-12-11(18-13(17)15-12)7-8-5-6-14-10-4-2-1-3-9(8)10/h1-6,11H,7H2,(H,15,16,17). The van der Waals surface area contributed by atoms with Crippen molar-refractivity contribution in [1.29, 1.82) is 0 Å². The van der Waals surface area contributed by atoms with Gasteiger partial charge in [0.1, 0.15) is 4.32 Å². The van der Waals surface area contributed by atoms with Crippen molar-refractivity contribution >= 4 is 45.1 Å². The average Bonchev–Trinajstić information content (AvgIpc) is 2.68. The lowest BCUT2D eigenvalue weighted by molar-refractivity contribution is -0.118. The number of para-hydroxylation sites is 1. The smallest absolute Gasteiger partial charge is 0.239 e. The van der Waals surface area contributed by atoms with Crippen molar-refractivity contribution in [3.8, 4) is 0 Å². The van der Waals surface area contributed by atoms with Gasteiger partial charge in [0.15, 0.2) is 0 Å². The number of nitrogens with zero attached hydrogens (tertiary/aromatic N) is 1. The van der Waals surface area contributed by atoms with E-state index in [9.17, 15) is 4.79 Å². The fourth-order valence-corrected chi connectivity index (χ4v) is 3.36. The van der Waals surface area contributed by atoms with Gasteiger partial charge in [-0.05, 0) is 24.1 Å². The van der Waals surface area contributed by atoms with Gasteiger partial charge in [0.25, 0.3) is 0 Å². The van der Waals surface area contributed by atoms with E-state index in [1.165, 1.54) is 11.8 Å². The van der Waals surface area contributed by atoms with Gasteiger partial charge in [-0.2, -0.15) is 0 Å². The summed E-state index contributed by atoms with van der Waals surface area (Å²) in [6.45, 7) is 0. The number of aromatic nitrogens is 1. The zero-order valence-electron chi connectivity index (χ0n) is 9.42. The summed E-state index contributed by atoms with van der Waals surface area (Å²) in [5.74, 6) is 0.00546. The van der Waals surface area contributed by atoms with Gasteiger partial charge in [0, 0.05) is 11.6 Å². The minimum Gasteiger partial charge on any atom is -0.311 e. The second kappa shape index (κ2) is 4.66. The van der Waals surface area contributed by atoms with Crippen molar-refractivity contribution in [3.05, 3.63) is 42.1 Å². The van der Waals surface area contributed by atoms with Gasteiger partial charge in [-0.25, -0.2) is 0 Å². The Morgan fingerprint density at radius 1 is 1.33 bits per heavy atom. The Kier molecular flexibility index (Phi) is 3.01. The van der Waals surface area contributed by atoms with Crippen LogP contribution in [0.3, 0.4) is 0 Å². The van der Waals surface area contributed by atoms with E-state index >= 15 is 0 Å². The maximum absolute atomic E-state index is 11.7. The van der Waals surface area contributed by atoms with Crippen molar-refractivity contribution in [2.75, 3.05) is 0 Å². The molecule has 1 fully saturated rings. The van der Waals surface area contributed by atoms with Crippen molar-refractivity contribution in [3.63, 3.8) is 0 Å². The molecule has 1 aliphatic rings. The van der Waals surface area contributed by atoms with Crippen LogP contribution in [0.25, 0.3) is 10.9 Å². The van der Waals surface area contributed by atoms with E-state index in [-0.39, 0.29) is 11.2 Å². The van der Waals surface area contributed by atoms with E-state index in [1.54, 1.807) is 6.20 Å². The Hall–Kier alpha value is -1.46. The largest absolute Gasteiger partial charge is 0.311 e. The molecule has 2 heterocycles. The molecule has 1 atom stereocenters. The molecule has 0 aliphatic carbocycles. The molecule has 3 nitrogen and oxygen atoms in total. The van der Waals surface area contributed by atoms with E-state index in [0.717, 1.165) is 16.5 Å². The number of pyridine rings is 1. The van der Waals surface area contributed by atoms with E-state index in [0.29, 0.717) is 10.7 Å². The molecule has 1 saturated heterocycles. The fourth-order valence-electron chi connectivity index (χ4n) is 2.06. The van der Waals surface area contributed by atoms with E-state index in [4.69, 9.17) is 12.2 Å². The number of amides is 1. The number of hydrogen-bond acceptors (Lipinski definition) is 4. The molecule has 2 aromatic rings. The molecule has 5 heteroatoms. The van der Waals surface area contributed by atoms with E-state index in [1.807, 2.05) is 30.3 Å². The van der Waals surface area contributed by atoms with Gasteiger partial charge in [-0.3, -0.25) is 9.78 Å².